The van der Waals surface area contributed by atoms with E-state index in [0.29, 0.717) is 19.0 Å². The minimum atomic E-state index is -0.318. The standard InChI is InChI=1S/C20H23N5O2/c1-4-27-17-8-6-5-7-15(17)12-21-20(26)18-19(24-25-23-18)22-16-10-9-13(2)14(3)11-16/h5-11H,4,12H2,1-3H3,(H,21,26)(H2,22,23,24,25). The first-order valence-corrected chi connectivity index (χ1v) is 8.82. The molecule has 3 aromatic rings. The van der Waals surface area contributed by atoms with Gasteiger partial charge in [-0.25, -0.2) is 0 Å². The Kier molecular flexibility index (Phi) is 5.71. The van der Waals surface area contributed by atoms with Crippen LogP contribution in [0.25, 0.3) is 0 Å². The second-order valence-electron chi connectivity index (χ2n) is 6.17. The van der Waals surface area contributed by atoms with E-state index in [1.807, 2.05) is 63.2 Å². The first kappa shape index (κ1) is 18.4. The van der Waals surface area contributed by atoms with Crippen molar-refractivity contribution in [3.8, 4) is 5.75 Å². The number of H-pyrrole nitrogens is 1. The monoisotopic (exact) mass is 365 g/mol. The molecule has 0 unspecified atom stereocenters. The molecule has 0 fully saturated rings. The Morgan fingerprint density at radius 3 is 2.70 bits per heavy atom. The van der Waals surface area contributed by atoms with Crippen molar-refractivity contribution in [1.82, 2.24) is 20.7 Å². The molecule has 2 aromatic carbocycles. The molecule has 0 atom stereocenters. The smallest absolute Gasteiger partial charge is 0.275 e. The molecule has 7 heteroatoms. The molecular weight excluding hydrogens is 342 g/mol. The van der Waals surface area contributed by atoms with E-state index in [-0.39, 0.29) is 11.6 Å². The molecule has 140 valence electrons. The fraction of sp³-hybridized carbons (Fsp3) is 0.250. The highest BCUT2D eigenvalue weighted by Crippen LogP contribution is 2.21. The maximum atomic E-state index is 12.6. The van der Waals surface area contributed by atoms with Gasteiger partial charge in [-0.3, -0.25) is 4.79 Å². The van der Waals surface area contributed by atoms with Gasteiger partial charge >= 0.3 is 0 Å². The molecule has 0 saturated carbocycles. The average molecular weight is 365 g/mol. The molecule has 0 radical (unpaired) electrons. The lowest BCUT2D eigenvalue weighted by Gasteiger charge is -2.11. The van der Waals surface area contributed by atoms with Crippen molar-refractivity contribution >= 4 is 17.4 Å². The molecule has 0 aliphatic carbocycles. The van der Waals surface area contributed by atoms with E-state index in [1.54, 1.807) is 0 Å². The van der Waals surface area contributed by atoms with Crippen LogP contribution in [0.15, 0.2) is 42.5 Å². The van der Waals surface area contributed by atoms with Gasteiger partial charge in [0.25, 0.3) is 5.91 Å². The van der Waals surface area contributed by atoms with Crippen LogP contribution in [0.4, 0.5) is 11.5 Å². The number of aromatic nitrogens is 3. The van der Waals surface area contributed by atoms with Gasteiger partial charge in [0, 0.05) is 17.8 Å². The lowest BCUT2D eigenvalue weighted by atomic mass is 10.1. The van der Waals surface area contributed by atoms with E-state index in [1.165, 1.54) is 5.56 Å². The maximum absolute atomic E-state index is 12.6. The number of rotatable bonds is 7. The number of amides is 1. The van der Waals surface area contributed by atoms with E-state index in [4.69, 9.17) is 4.74 Å². The van der Waals surface area contributed by atoms with Gasteiger partial charge in [-0.2, -0.15) is 5.21 Å². The summed E-state index contributed by atoms with van der Waals surface area (Å²) in [6.45, 7) is 6.92. The lowest BCUT2D eigenvalue weighted by molar-refractivity contribution is 0.0946. The molecule has 1 amide bonds. The minimum absolute atomic E-state index is 0.210. The van der Waals surface area contributed by atoms with E-state index in [2.05, 4.69) is 26.0 Å². The molecule has 0 aliphatic heterocycles. The average Bonchev–Trinajstić information content (AvgIpc) is 3.12. The maximum Gasteiger partial charge on any atom is 0.275 e. The van der Waals surface area contributed by atoms with Crippen LogP contribution in [0.3, 0.4) is 0 Å². The molecule has 3 rings (SSSR count). The van der Waals surface area contributed by atoms with E-state index in [9.17, 15) is 4.79 Å². The summed E-state index contributed by atoms with van der Waals surface area (Å²) in [5, 5.41) is 16.5. The summed E-state index contributed by atoms with van der Waals surface area (Å²) in [5.41, 5.74) is 4.32. The molecule has 0 saturated heterocycles. The van der Waals surface area contributed by atoms with Crippen molar-refractivity contribution in [2.45, 2.75) is 27.3 Å². The SMILES string of the molecule is CCOc1ccccc1CNC(=O)c1n[nH]nc1Nc1ccc(C)c(C)c1. The number of nitrogens with one attached hydrogen (secondary N) is 3. The number of ether oxygens (including phenoxy) is 1. The normalized spacial score (nSPS) is 10.5. The predicted octanol–water partition coefficient (Wildman–Crippen LogP) is 3.49. The second kappa shape index (κ2) is 8.35. The van der Waals surface area contributed by atoms with E-state index < -0.39 is 0 Å². The first-order chi connectivity index (χ1) is 13.1. The highest BCUT2D eigenvalue weighted by atomic mass is 16.5. The molecular formula is C20H23N5O2. The van der Waals surface area contributed by atoms with Gasteiger partial charge in [-0.1, -0.05) is 24.3 Å². The number of carbonyl (C=O) groups excluding carboxylic acids is 1. The number of anilines is 2. The van der Waals surface area contributed by atoms with Gasteiger partial charge in [-0.05, 0) is 50.1 Å². The Bertz CT molecular complexity index is 936. The van der Waals surface area contributed by atoms with Crippen molar-refractivity contribution in [2.24, 2.45) is 0 Å². The highest BCUT2D eigenvalue weighted by molar-refractivity contribution is 5.97. The molecule has 0 bridgehead atoms. The van der Waals surface area contributed by atoms with Gasteiger partial charge in [-0.15, -0.1) is 10.2 Å². The van der Waals surface area contributed by atoms with Crippen LogP contribution in [-0.4, -0.2) is 27.9 Å². The molecule has 3 N–H and O–H groups in total. The molecule has 0 aliphatic rings. The fourth-order valence-electron chi connectivity index (χ4n) is 2.64. The van der Waals surface area contributed by atoms with Crippen molar-refractivity contribution in [2.75, 3.05) is 11.9 Å². The topological polar surface area (TPSA) is 91.9 Å². The molecule has 0 spiro atoms. The van der Waals surface area contributed by atoms with Gasteiger partial charge in [0.2, 0.25) is 0 Å². The van der Waals surface area contributed by atoms with Gasteiger partial charge < -0.3 is 15.4 Å². The fourth-order valence-corrected chi connectivity index (χ4v) is 2.64. The van der Waals surface area contributed by atoms with Gasteiger partial charge in [0.05, 0.1) is 6.61 Å². The minimum Gasteiger partial charge on any atom is -0.494 e. The number of aryl methyl sites for hydroxylation is 2. The zero-order valence-corrected chi connectivity index (χ0v) is 15.7. The van der Waals surface area contributed by atoms with Crippen LogP contribution < -0.4 is 15.4 Å². The van der Waals surface area contributed by atoms with E-state index >= 15 is 0 Å². The second-order valence-corrected chi connectivity index (χ2v) is 6.17. The predicted molar refractivity (Wildman–Crippen MR) is 104 cm³/mol. The summed E-state index contributed by atoms with van der Waals surface area (Å²) in [6, 6.07) is 13.6. The number of aromatic amines is 1. The highest BCUT2D eigenvalue weighted by Gasteiger charge is 2.17. The summed E-state index contributed by atoms with van der Waals surface area (Å²) < 4.78 is 5.59. The summed E-state index contributed by atoms with van der Waals surface area (Å²) >= 11 is 0. The summed E-state index contributed by atoms with van der Waals surface area (Å²) in [7, 11) is 0. The van der Waals surface area contributed by atoms with Crippen LogP contribution in [0.1, 0.15) is 34.1 Å². The number of benzene rings is 2. The third-order valence-electron chi connectivity index (χ3n) is 4.24. The van der Waals surface area contributed by atoms with Crippen molar-refractivity contribution < 1.29 is 9.53 Å². The molecule has 7 nitrogen and oxygen atoms in total. The van der Waals surface area contributed by atoms with Crippen LogP contribution in [0.5, 0.6) is 5.75 Å². The zero-order chi connectivity index (χ0) is 19.2. The number of nitrogens with zero attached hydrogens (tertiary/aromatic N) is 2. The third kappa shape index (κ3) is 4.44. The van der Waals surface area contributed by atoms with Crippen LogP contribution in [-0.2, 0) is 6.54 Å². The number of carbonyl (C=O) groups is 1. The summed E-state index contributed by atoms with van der Waals surface area (Å²) in [6.07, 6.45) is 0. The largest absolute Gasteiger partial charge is 0.494 e. The Hall–Kier alpha value is -3.35. The van der Waals surface area contributed by atoms with Crippen LogP contribution in [0, 0.1) is 13.8 Å². The third-order valence-corrected chi connectivity index (χ3v) is 4.24. The first-order valence-electron chi connectivity index (χ1n) is 8.82. The molecule has 27 heavy (non-hydrogen) atoms. The number of hydrogen-bond donors (Lipinski definition) is 3. The van der Waals surface area contributed by atoms with Crippen molar-refractivity contribution in [3.63, 3.8) is 0 Å². The van der Waals surface area contributed by atoms with E-state index in [0.717, 1.165) is 22.6 Å². The summed E-state index contributed by atoms with van der Waals surface area (Å²) in [4.78, 5) is 12.6. The molecule has 1 heterocycles. The van der Waals surface area contributed by atoms with Crippen molar-refractivity contribution in [3.05, 3.63) is 64.8 Å². The number of para-hydroxylation sites is 1. The Morgan fingerprint density at radius 1 is 1.11 bits per heavy atom. The van der Waals surface area contributed by atoms with Gasteiger partial charge in [0.15, 0.2) is 11.5 Å². The summed E-state index contributed by atoms with van der Waals surface area (Å²) in [5.74, 6) is 0.823. The Labute approximate surface area is 158 Å². The lowest BCUT2D eigenvalue weighted by Crippen LogP contribution is -2.24. The Morgan fingerprint density at radius 2 is 1.93 bits per heavy atom. The number of hydrogen-bond acceptors (Lipinski definition) is 5. The Balaban J connectivity index is 1.70. The van der Waals surface area contributed by atoms with Gasteiger partial charge in [0.1, 0.15) is 5.75 Å². The van der Waals surface area contributed by atoms with Crippen LogP contribution in [0.2, 0.25) is 0 Å². The zero-order valence-electron chi connectivity index (χ0n) is 15.7. The van der Waals surface area contributed by atoms with Crippen LogP contribution >= 0.6 is 0 Å². The quantitative estimate of drug-likeness (QED) is 0.596. The van der Waals surface area contributed by atoms with Crippen molar-refractivity contribution in [1.29, 1.82) is 0 Å². The molecule has 1 aromatic heterocycles.